The normalized spacial score (nSPS) is 12.6. The summed E-state index contributed by atoms with van der Waals surface area (Å²) >= 11 is 3.09. The third kappa shape index (κ3) is 2.88. The van der Waals surface area contributed by atoms with Gasteiger partial charge in [-0.05, 0) is 57.3 Å². The molecule has 0 aliphatic rings. The number of alkyl halides is 5. The molecule has 0 saturated heterocycles. The van der Waals surface area contributed by atoms with Gasteiger partial charge in [-0.15, -0.1) is 0 Å². The summed E-state index contributed by atoms with van der Waals surface area (Å²) in [6, 6.07) is 4.05. The lowest BCUT2D eigenvalue weighted by atomic mass is 10.1. The molecule has 0 amide bonds. The Bertz CT molecular complexity index is 435. The van der Waals surface area contributed by atoms with Crippen molar-refractivity contribution in [1.82, 2.24) is 0 Å². The van der Waals surface area contributed by atoms with Crippen LogP contribution in [0.4, 0.5) is 22.0 Å². The molecule has 94 valence electrons. The molecule has 1 aromatic carbocycles. The average molecular weight is 476 g/mol. The Morgan fingerprint density at radius 3 is 1.76 bits per heavy atom. The lowest BCUT2D eigenvalue weighted by Crippen LogP contribution is -2.44. The van der Waals surface area contributed by atoms with Gasteiger partial charge in [0.1, 0.15) is 0 Å². The van der Waals surface area contributed by atoms with Crippen LogP contribution < -0.4 is 0 Å². The molecule has 0 atom stereocenters. The minimum atomic E-state index is -5.88. The van der Waals surface area contributed by atoms with Gasteiger partial charge >= 0.3 is 12.1 Å². The van der Waals surface area contributed by atoms with E-state index in [9.17, 15) is 26.7 Å². The van der Waals surface area contributed by atoms with Crippen molar-refractivity contribution in [2.75, 3.05) is 0 Å². The molecule has 0 unspecified atom stereocenters. The van der Waals surface area contributed by atoms with Crippen LogP contribution in [0.5, 0.6) is 0 Å². The van der Waals surface area contributed by atoms with Crippen molar-refractivity contribution < 1.29 is 26.7 Å². The number of Topliss-reactive ketones (excluding diaryl/α,β-unsaturated/α-hetero) is 1. The van der Waals surface area contributed by atoms with Gasteiger partial charge in [0.15, 0.2) is 0 Å². The molecule has 1 nitrogen and oxygen atoms in total. The molecule has 0 fully saturated rings. The molecule has 1 rings (SSSR count). The van der Waals surface area contributed by atoms with Crippen molar-refractivity contribution in [2.45, 2.75) is 12.1 Å². The predicted octanol–water partition coefficient (Wildman–Crippen LogP) is 4.28. The number of carbonyl (C=O) groups excluding carboxylic acids is 1. The Balaban J connectivity index is 3.32. The highest BCUT2D eigenvalue weighted by atomic mass is 127. The molecule has 0 aliphatic carbocycles. The van der Waals surface area contributed by atoms with E-state index >= 15 is 0 Å². The van der Waals surface area contributed by atoms with E-state index < -0.39 is 23.4 Å². The number of halogens is 7. The van der Waals surface area contributed by atoms with E-state index in [0.717, 1.165) is 0 Å². The van der Waals surface area contributed by atoms with E-state index in [4.69, 9.17) is 0 Å². The topological polar surface area (TPSA) is 17.1 Å². The van der Waals surface area contributed by atoms with Gasteiger partial charge in [0.2, 0.25) is 5.78 Å². The second kappa shape index (κ2) is 4.94. The first-order chi connectivity index (χ1) is 7.59. The van der Waals surface area contributed by atoms with Crippen LogP contribution in [0, 0.1) is 7.14 Å². The summed E-state index contributed by atoms with van der Waals surface area (Å²) in [5.41, 5.74) is -0.601. The molecule has 0 aliphatic heterocycles. The van der Waals surface area contributed by atoms with Crippen LogP contribution in [0.25, 0.3) is 0 Å². The Kier molecular flexibility index (Phi) is 4.37. The maximum atomic E-state index is 12.9. The summed E-state index contributed by atoms with van der Waals surface area (Å²) < 4.78 is 62.1. The van der Waals surface area contributed by atoms with Gasteiger partial charge in [0.05, 0.1) is 5.56 Å². The van der Waals surface area contributed by atoms with E-state index in [1.807, 2.05) is 0 Å². The van der Waals surface area contributed by atoms with Crippen LogP contribution in [-0.4, -0.2) is 17.9 Å². The lowest BCUT2D eigenvalue weighted by Gasteiger charge is -2.19. The Hall–Kier alpha value is -0.000000000000000167. The minimum absolute atomic E-state index is 0.0587. The Labute approximate surface area is 120 Å². The zero-order valence-corrected chi connectivity index (χ0v) is 12.1. The highest BCUT2D eigenvalue weighted by Crippen LogP contribution is 2.39. The van der Waals surface area contributed by atoms with Gasteiger partial charge in [-0.1, -0.05) is 6.07 Å². The summed E-state index contributed by atoms with van der Waals surface area (Å²) in [5, 5.41) is 0. The zero-order chi connectivity index (χ0) is 13.4. The van der Waals surface area contributed by atoms with Gasteiger partial charge in [0.25, 0.3) is 0 Å². The first kappa shape index (κ1) is 15.1. The molecule has 1 aromatic rings. The largest absolute Gasteiger partial charge is 0.461 e. The number of hydrogen-bond acceptors (Lipinski definition) is 1. The van der Waals surface area contributed by atoms with E-state index in [0.29, 0.717) is 0 Å². The second-order valence-corrected chi connectivity index (χ2v) is 5.32. The summed E-state index contributed by atoms with van der Waals surface area (Å²) in [6.07, 6.45) is -5.88. The highest BCUT2D eigenvalue weighted by molar-refractivity contribution is 14.1. The van der Waals surface area contributed by atoms with Crippen LogP contribution in [0.3, 0.4) is 0 Å². The number of hydrogen-bond donors (Lipinski definition) is 0. The van der Waals surface area contributed by atoms with Gasteiger partial charge in [-0.25, -0.2) is 0 Å². The van der Waals surface area contributed by atoms with Crippen LogP contribution in [-0.2, 0) is 0 Å². The lowest BCUT2D eigenvalue weighted by molar-refractivity contribution is -0.255. The van der Waals surface area contributed by atoms with Crippen LogP contribution >= 0.6 is 45.2 Å². The zero-order valence-electron chi connectivity index (χ0n) is 7.79. The molecule has 0 saturated carbocycles. The maximum Gasteiger partial charge on any atom is 0.461 e. The third-order valence-corrected chi connectivity index (χ3v) is 3.63. The van der Waals surface area contributed by atoms with Gasteiger partial charge in [0, 0.05) is 7.14 Å². The molecule has 0 bridgehead atoms. The van der Waals surface area contributed by atoms with E-state index in [2.05, 4.69) is 0 Å². The van der Waals surface area contributed by atoms with Crippen LogP contribution in [0.15, 0.2) is 18.2 Å². The van der Waals surface area contributed by atoms with E-state index in [1.54, 1.807) is 45.2 Å². The van der Waals surface area contributed by atoms with E-state index in [1.165, 1.54) is 18.2 Å². The number of benzene rings is 1. The quantitative estimate of drug-likeness (QED) is 0.354. The maximum absolute atomic E-state index is 12.9. The molecule has 0 radical (unpaired) electrons. The van der Waals surface area contributed by atoms with Crippen molar-refractivity contribution in [3.05, 3.63) is 30.9 Å². The molecule has 8 heteroatoms. The van der Waals surface area contributed by atoms with Crippen LogP contribution in [0.2, 0.25) is 0 Å². The molecule has 0 aromatic heterocycles. The fourth-order valence-corrected chi connectivity index (χ4v) is 3.00. The predicted molar refractivity (Wildman–Crippen MR) is 67.2 cm³/mol. The number of ketones is 1. The molecule has 0 heterocycles. The fraction of sp³-hybridized carbons (Fsp3) is 0.222. The van der Waals surface area contributed by atoms with Crippen LogP contribution in [0.1, 0.15) is 10.4 Å². The number of carbonyl (C=O) groups is 1. The third-order valence-electron chi connectivity index (χ3n) is 1.83. The molecular formula is C9H3F5I2O. The summed E-state index contributed by atoms with van der Waals surface area (Å²) in [6.45, 7) is 0. The summed E-state index contributed by atoms with van der Waals surface area (Å²) in [5.74, 6) is -7.59. The van der Waals surface area contributed by atoms with Crippen molar-refractivity contribution in [3.63, 3.8) is 0 Å². The standard InChI is InChI=1S/C9H3F5I2O/c10-8(11,9(12,13)14)7(17)6-4(15)2-1-3-5(6)16/h1-3H. The smallest absolute Gasteiger partial charge is 0.287 e. The molecule has 0 spiro atoms. The summed E-state index contributed by atoms with van der Waals surface area (Å²) in [7, 11) is 0. The fourth-order valence-electron chi connectivity index (χ4n) is 1.00. The van der Waals surface area contributed by atoms with E-state index in [-0.39, 0.29) is 7.14 Å². The first-order valence-corrected chi connectivity index (χ1v) is 6.18. The van der Waals surface area contributed by atoms with Gasteiger partial charge < -0.3 is 0 Å². The van der Waals surface area contributed by atoms with Crippen molar-refractivity contribution in [2.24, 2.45) is 0 Å². The average Bonchev–Trinajstić information content (AvgIpc) is 2.15. The minimum Gasteiger partial charge on any atom is -0.287 e. The monoisotopic (exact) mass is 476 g/mol. The molecular weight excluding hydrogens is 473 g/mol. The first-order valence-electron chi connectivity index (χ1n) is 4.02. The van der Waals surface area contributed by atoms with Crippen molar-refractivity contribution in [3.8, 4) is 0 Å². The Morgan fingerprint density at radius 2 is 1.41 bits per heavy atom. The highest BCUT2D eigenvalue weighted by Gasteiger charge is 2.63. The van der Waals surface area contributed by atoms with Crippen molar-refractivity contribution in [1.29, 1.82) is 0 Å². The van der Waals surface area contributed by atoms with Gasteiger partial charge in [-0.3, -0.25) is 4.79 Å². The molecule has 0 N–H and O–H groups in total. The number of rotatable bonds is 2. The molecule has 17 heavy (non-hydrogen) atoms. The Morgan fingerprint density at radius 1 is 1.00 bits per heavy atom. The second-order valence-electron chi connectivity index (χ2n) is 3.00. The van der Waals surface area contributed by atoms with Gasteiger partial charge in [-0.2, -0.15) is 22.0 Å². The van der Waals surface area contributed by atoms with Crippen molar-refractivity contribution >= 4 is 51.0 Å². The summed E-state index contributed by atoms with van der Waals surface area (Å²) in [4.78, 5) is 11.3. The SMILES string of the molecule is O=C(c1c(I)cccc1I)C(F)(F)C(F)(F)F.